The summed E-state index contributed by atoms with van der Waals surface area (Å²) in [5.74, 6) is -0.884. The van der Waals surface area contributed by atoms with Gasteiger partial charge in [0.1, 0.15) is 0 Å². The molecule has 1 aliphatic heterocycles. The molecule has 0 saturated carbocycles. The number of morpholine rings is 1. The third-order valence-electron chi connectivity index (χ3n) is 3.10. The second kappa shape index (κ2) is 5.16. The predicted molar refractivity (Wildman–Crippen MR) is 70.5 cm³/mol. The fraction of sp³-hybridized carbons (Fsp3) is 0.462. The molecule has 98 valence electrons. The van der Waals surface area contributed by atoms with Crippen molar-refractivity contribution in [3.8, 4) is 0 Å². The van der Waals surface area contributed by atoms with Crippen LogP contribution in [-0.2, 0) is 9.53 Å². The van der Waals surface area contributed by atoms with Crippen molar-refractivity contribution in [1.29, 1.82) is 0 Å². The highest BCUT2D eigenvalue weighted by molar-refractivity contribution is 6.33. The molecule has 0 spiro atoms. The number of carboxylic acids is 1. The zero-order valence-corrected chi connectivity index (χ0v) is 11.2. The molecule has 18 heavy (non-hydrogen) atoms. The second-order valence-electron chi connectivity index (χ2n) is 4.53. The summed E-state index contributed by atoms with van der Waals surface area (Å²) >= 11 is 6.26. The first kappa shape index (κ1) is 13.2. The van der Waals surface area contributed by atoms with E-state index in [0.717, 1.165) is 16.8 Å². The van der Waals surface area contributed by atoms with Crippen LogP contribution >= 0.6 is 11.6 Å². The van der Waals surface area contributed by atoms with Crippen LogP contribution in [0.3, 0.4) is 0 Å². The molecule has 0 radical (unpaired) electrons. The second-order valence-corrected chi connectivity index (χ2v) is 4.94. The Kier molecular flexibility index (Phi) is 3.78. The SMILES string of the molecule is Cc1cc(C)c(N2CCOCC2C(=O)O)c(Cl)c1. The molecular formula is C13H16ClNO3. The highest BCUT2D eigenvalue weighted by atomic mass is 35.5. The summed E-state index contributed by atoms with van der Waals surface area (Å²) in [5.41, 5.74) is 2.87. The van der Waals surface area contributed by atoms with Crippen molar-refractivity contribution in [1.82, 2.24) is 0 Å². The lowest BCUT2D eigenvalue weighted by Gasteiger charge is -2.36. The van der Waals surface area contributed by atoms with Gasteiger partial charge in [-0.25, -0.2) is 4.79 Å². The van der Waals surface area contributed by atoms with Gasteiger partial charge >= 0.3 is 5.97 Å². The maximum atomic E-state index is 11.3. The molecule has 2 rings (SSSR count). The van der Waals surface area contributed by atoms with E-state index in [9.17, 15) is 9.90 Å². The Morgan fingerprint density at radius 1 is 1.50 bits per heavy atom. The molecule has 1 aromatic rings. The fourth-order valence-electron chi connectivity index (χ4n) is 2.35. The highest BCUT2D eigenvalue weighted by Crippen LogP contribution is 2.33. The molecule has 4 nitrogen and oxygen atoms in total. The summed E-state index contributed by atoms with van der Waals surface area (Å²) in [6.45, 7) is 5.17. The van der Waals surface area contributed by atoms with Crippen LogP contribution in [0, 0.1) is 13.8 Å². The number of rotatable bonds is 2. The summed E-state index contributed by atoms with van der Waals surface area (Å²) < 4.78 is 5.23. The standard InChI is InChI=1S/C13H16ClNO3/c1-8-5-9(2)12(10(14)6-8)15-3-4-18-7-11(15)13(16)17/h5-6,11H,3-4,7H2,1-2H3,(H,16,17). The Morgan fingerprint density at radius 3 is 2.83 bits per heavy atom. The summed E-state index contributed by atoms with van der Waals surface area (Å²) in [6, 6.07) is 3.20. The Hall–Kier alpha value is -1.26. The van der Waals surface area contributed by atoms with Crippen LogP contribution in [0.5, 0.6) is 0 Å². The topological polar surface area (TPSA) is 49.8 Å². The molecule has 1 atom stereocenters. The molecule has 0 aromatic heterocycles. The number of aryl methyl sites for hydroxylation is 2. The predicted octanol–water partition coefficient (Wildman–Crippen LogP) is 2.25. The van der Waals surface area contributed by atoms with Crippen molar-refractivity contribution in [3.63, 3.8) is 0 Å². The molecule has 0 aliphatic carbocycles. The van der Waals surface area contributed by atoms with E-state index in [2.05, 4.69) is 0 Å². The first-order valence-corrected chi connectivity index (χ1v) is 6.22. The van der Waals surface area contributed by atoms with Crippen LogP contribution in [0.25, 0.3) is 0 Å². The number of nitrogens with zero attached hydrogens (tertiary/aromatic N) is 1. The normalized spacial score (nSPS) is 19.9. The average Bonchev–Trinajstić information content (AvgIpc) is 2.28. The third-order valence-corrected chi connectivity index (χ3v) is 3.39. The van der Waals surface area contributed by atoms with Crippen molar-refractivity contribution in [2.24, 2.45) is 0 Å². The Morgan fingerprint density at radius 2 is 2.22 bits per heavy atom. The van der Waals surface area contributed by atoms with Crippen molar-refractivity contribution in [2.75, 3.05) is 24.7 Å². The van der Waals surface area contributed by atoms with E-state index in [1.54, 1.807) is 0 Å². The molecule has 1 heterocycles. The van der Waals surface area contributed by atoms with Gasteiger partial charge in [-0.15, -0.1) is 0 Å². The number of hydrogen-bond donors (Lipinski definition) is 1. The number of aliphatic carboxylic acids is 1. The van der Waals surface area contributed by atoms with Gasteiger partial charge in [-0.05, 0) is 31.0 Å². The molecule has 0 bridgehead atoms. The maximum Gasteiger partial charge on any atom is 0.328 e. The Balaban J connectivity index is 2.43. The quantitative estimate of drug-likeness (QED) is 0.895. The summed E-state index contributed by atoms with van der Waals surface area (Å²) in [7, 11) is 0. The number of halogens is 1. The van der Waals surface area contributed by atoms with Gasteiger partial charge in [-0.3, -0.25) is 0 Å². The van der Waals surface area contributed by atoms with E-state index in [0.29, 0.717) is 18.2 Å². The molecule has 1 N–H and O–H groups in total. The number of hydrogen-bond acceptors (Lipinski definition) is 3. The minimum absolute atomic E-state index is 0.193. The average molecular weight is 270 g/mol. The van der Waals surface area contributed by atoms with Gasteiger partial charge in [-0.1, -0.05) is 17.7 Å². The molecular weight excluding hydrogens is 254 g/mol. The molecule has 1 saturated heterocycles. The molecule has 1 aromatic carbocycles. The lowest BCUT2D eigenvalue weighted by Crippen LogP contribution is -2.50. The summed E-state index contributed by atoms with van der Waals surface area (Å²) in [4.78, 5) is 13.1. The van der Waals surface area contributed by atoms with Crippen molar-refractivity contribution in [2.45, 2.75) is 19.9 Å². The van der Waals surface area contributed by atoms with E-state index in [4.69, 9.17) is 16.3 Å². The van der Waals surface area contributed by atoms with Crippen LogP contribution in [0.4, 0.5) is 5.69 Å². The number of ether oxygens (including phenoxy) is 1. The zero-order valence-electron chi connectivity index (χ0n) is 10.4. The zero-order chi connectivity index (χ0) is 13.3. The summed E-state index contributed by atoms with van der Waals surface area (Å²) in [6.07, 6.45) is 0. The third kappa shape index (κ3) is 2.44. The maximum absolute atomic E-state index is 11.3. The van der Waals surface area contributed by atoms with Gasteiger partial charge in [0, 0.05) is 6.54 Å². The highest BCUT2D eigenvalue weighted by Gasteiger charge is 2.31. The number of benzene rings is 1. The minimum Gasteiger partial charge on any atom is -0.480 e. The van der Waals surface area contributed by atoms with E-state index in [-0.39, 0.29) is 6.61 Å². The van der Waals surface area contributed by atoms with E-state index in [1.165, 1.54) is 0 Å². The first-order chi connectivity index (χ1) is 8.50. The fourth-order valence-corrected chi connectivity index (χ4v) is 2.78. The molecule has 1 unspecified atom stereocenters. The van der Waals surface area contributed by atoms with Crippen LogP contribution in [0.1, 0.15) is 11.1 Å². The Labute approximate surface area is 111 Å². The van der Waals surface area contributed by atoms with Crippen LogP contribution in [-0.4, -0.2) is 36.9 Å². The van der Waals surface area contributed by atoms with Crippen LogP contribution in [0.15, 0.2) is 12.1 Å². The van der Waals surface area contributed by atoms with Gasteiger partial charge in [0.2, 0.25) is 0 Å². The van der Waals surface area contributed by atoms with Gasteiger partial charge in [-0.2, -0.15) is 0 Å². The monoisotopic (exact) mass is 269 g/mol. The molecule has 0 amide bonds. The van der Waals surface area contributed by atoms with Gasteiger partial charge < -0.3 is 14.7 Å². The number of carboxylic acid groups (broad SMARTS) is 1. The smallest absolute Gasteiger partial charge is 0.328 e. The summed E-state index contributed by atoms with van der Waals surface area (Å²) in [5, 5.41) is 9.84. The van der Waals surface area contributed by atoms with Crippen LogP contribution in [0.2, 0.25) is 5.02 Å². The largest absolute Gasteiger partial charge is 0.480 e. The van der Waals surface area contributed by atoms with Crippen LogP contribution < -0.4 is 4.90 Å². The lowest BCUT2D eigenvalue weighted by atomic mass is 10.1. The number of anilines is 1. The van der Waals surface area contributed by atoms with Crippen molar-refractivity contribution >= 4 is 23.3 Å². The molecule has 5 heteroatoms. The van der Waals surface area contributed by atoms with Gasteiger partial charge in [0.15, 0.2) is 6.04 Å². The molecule has 1 fully saturated rings. The minimum atomic E-state index is -0.884. The van der Waals surface area contributed by atoms with Crippen molar-refractivity contribution in [3.05, 3.63) is 28.3 Å². The number of carbonyl (C=O) groups is 1. The van der Waals surface area contributed by atoms with E-state index >= 15 is 0 Å². The lowest BCUT2D eigenvalue weighted by molar-refractivity contribution is -0.141. The van der Waals surface area contributed by atoms with E-state index < -0.39 is 12.0 Å². The first-order valence-electron chi connectivity index (χ1n) is 5.84. The van der Waals surface area contributed by atoms with Gasteiger partial charge in [0.05, 0.1) is 23.9 Å². The Bertz CT molecular complexity index is 452. The molecule has 1 aliphatic rings. The van der Waals surface area contributed by atoms with E-state index in [1.807, 2.05) is 30.9 Å². The van der Waals surface area contributed by atoms with Gasteiger partial charge in [0.25, 0.3) is 0 Å². The van der Waals surface area contributed by atoms with Crippen molar-refractivity contribution < 1.29 is 14.6 Å².